The van der Waals surface area contributed by atoms with E-state index in [1.54, 1.807) is 7.11 Å². The summed E-state index contributed by atoms with van der Waals surface area (Å²) in [7, 11) is 1.81. The van der Waals surface area contributed by atoms with E-state index in [4.69, 9.17) is 14.2 Å². The molecule has 2 N–H and O–H groups in total. The van der Waals surface area contributed by atoms with Gasteiger partial charge < -0.3 is 24.5 Å². The number of benzene rings is 2. The molecule has 26 heavy (non-hydrogen) atoms. The van der Waals surface area contributed by atoms with Gasteiger partial charge in [0.25, 0.3) is 0 Å². The van der Waals surface area contributed by atoms with Crippen LogP contribution in [-0.2, 0) is 17.6 Å². The van der Waals surface area contributed by atoms with E-state index in [1.807, 2.05) is 18.2 Å². The summed E-state index contributed by atoms with van der Waals surface area (Å²) in [6, 6.07) is 12.5. The van der Waals surface area contributed by atoms with Gasteiger partial charge in [-0.2, -0.15) is 0 Å². The fourth-order valence-electron chi connectivity index (χ4n) is 3.96. The molecule has 1 unspecified atom stereocenters. The van der Waals surface area contributed by atoms with Crippen molar-refractivity contribution in [3.63, 3.8) is 0 Å². The average molecular weight is 350 g/mol. The van der Waals surface area contributed by atoms with Gasteiger partial charge in [-0.25, -0.2) is 0 Å². The molecule has 3 aromatic rings. The highest BCUT2D eigenvalue weighted by atomic mass is 16.6. The van der Waals surface area contributed by atoms with Gasteiger partial charge in [0.05, 0.1) is 6.10 Å². The van der Waals surface area contributed by atoms with Crippen molar-refractivity contribution in [2.75, 3.05) is 25.6 Å². The molecule has 1 atom stereocenters. The molecule has 0 amide bonds. The number of hydrogen-bond acceptors (Lipinski definition) is 4. The second-order valence-corrected chi connectivity index (χ2v) is 6.93. The SMILES string of the molecule is COC1CCc2[nH]c3cc(Nc4ccc5c(c4)OCCO5)ccc3c2C1. The monoisotopic (exact) mass is 350 g/mol. The molecule has 134 valence electrons. The summed E-state index contributed by atoms with van der Waals surface area (Å²) in [4.78, 5) is 3.60. The van der Waals surface area contributed by atoms with Gasteiger partial charge in [-0.15, -0.1) is 0 Å². The summed E-state index contributed by atoms with van der Waals surface area (Å²) in [6.07, 6.45) is 3.45. The lowest BCUT2D eigenvalue weighted by atomic mass is 9.93. The van der Waals surface area contributed by atoms with E-state index in [-0.39, 0.29) is 0 Å². The molecule has 5 heteroatoms. The van der Waals surface area contributed by atoms with E-state index >= 15 is 0 Å². The van der Waals surface area contributed by atoms with Gasteiger partial charge in [0.2, 0.25) is 0 Å². The standard InChI is InChI=1S/C21H22N2O3/c1-24-15-4-6-18-17(12-15)16-5-2-13(10-19(16)23-18)22-14-3-7-20-21(11-14)26-9-8-25-20/h2-3,5,7,10-11,15,22-23H,4,6,8-9,12H2,1H3. The highest BCUT2D eigenvalue weighted by molar-refractivity contribution is 5.88. The van der Waals surface area contributed by atoms with Crippen molar-refractivity contribution in [3.8, 4) is 11.5 Å². The molecule has 5 rings (SSSR count). The Morgan fingerprint density at radius 1 is 1.04 bits per heavy atom. The van der Waals surface area contributed by atoms with E-state index in [9.17, 15) is 0 Å². The highest BCUT2D eigenvalue weighted by Gasteiger charge is 2.22. The van der Waals surface area contributed by atoms with Crippen LogP contribution in [0.3, 0.4) is 0 Å². The molecule has 2 aliphatic rings. The van der Waals surface area contributed by atoms with Gasteiger partial charge in [-0.3, -0.25) is 0 Å². The number of aromatic amines is 1. The molecule has 0 fully saturated rings. The van der Waals surface area contributed by atoms with Crippen molar-refractivity contribution in [1.82, 2.24) is 4.98 Å². The molecule has 1 aliphatic carbocycles. The van der Waals surface area contributed by atoms with Crippen LogP contribution in [0.5, 0.6) is 11.5 Å². The average Bonchev–Trinajstić information content (AvgIpc) is 3.04. The van der Waals surface area contributed by atoms with Crippen molar-refractivity contribution in [2.24, 2.45) is 0 Å². The van der Waals surface area contributed by atoms with Crippen LogP contribution < -0.4 is 14.8 Å². The third kappa shape index (κ3) is 2.69. The first-order valence-electron chi connectivity index (χ1n) is 9.13. The molecule has 0 saturated carbocycles. The Morgan fingerprint density at radius 3 is 2.73 bits per heavy atom. The van der Waals surface area contributed by atoms with Crippen molar-refractivity contribution < 1.29 is 14.2 Å². The first-order chi connectivity index (χ1) is 12.8. The molecule has 0 bridgehead atoms. The highest BCUT2D eigenvalue weighted by Crippen LogP contribution is 2.35. The van der Waals surface area contributed by atoms with E-state index in [0.717, 1.165) is 42.1 Å². The number of nitrogens with one attached hydrogen (secondary N) is 2. The predicted octanol–water partition coefficient (Wildman–Crippen LogP) is 4.19. The van der Waals surface area contributed by atoms with Crippen LogP contribution in [0.4, 0.5) is 11.4 Å². The molecule has 2 aromatic carbocycles. The maximum atomic E-state index is 5.66. The Labute approximate surface area is 152 Å². The number of hydrogen-bond donors (Lipinski definition) is 2. The Hall–Kier alpha value is -2.66. The first-order valence-corrected chi connectivity index (χ1v) is 9.13. The lowest BCUT2D eigenvalue weighted by Crippen LogP contribution is -2.20. The normalized spacial score (nSPS) is 18.6. The van der Waals surface area contributed by atoms with Gasteiger partial charge >= 0.3 is 0 Å². The molecular formula is C21H22N2O3. The Balaban J connectivity index is 1.43. The molecule has 0 spiro atoms. The van der Waals surface area contributed by atoms with Gasteiger partial charge in [0.15, 0.2) is 11.5 Å². The van der Waals surface area contributed by atoms with Gasteiger partial charge in [-0.1, -0.05) is 6.07 Å². The van der Waals surface area contributed by atoms with Crippen molar-refractivity contribution >= 4 is 22.3 Å². The summed E-state index contributed by atoms with van der Waals surface area (Å²) in [5, 5.41) is 4.77. The van der Waals surface area contributed by atoms with Crippen molar-refractivity contribution in [2.45, 2.75) is 25.4 Å². The largest absolute Gasteiger partial charge is 0.486 e. The summed E-state index contributed by atoms with van der Waals surface area (Å²) in [5.41, 5.74) is 5.98. The van der Waals surface area contributed by atoms with Gasteiger partial charge in [0.1, 0.15) is 13.2 Å². The number of aryl methyl sites for hydroxylation is 1. The van der Waals surface area contributed by atoms with E-state index in [1.165, 1.54) is 22.2 Å². The summed E-state index contributed by atoms with van der Waals surface area (Å²) < 4.78 is 16.8. The third-order valence-corrected chi connectivity index (χ3v) is 5.31. The maximum Gasteiger partial charge on any atom is 0.163 e. The van der Waals surface area contributed by atoms with E-state index in [2.05, 4.69) is 28.5 Å². The number of ether oxygens (including phenoxy) is 3. The number of anilines is 2. The number of methoxy groups -OCH3 is 1. The summed E-state index contributed by atoms with van der Waals surface area (Å²) >= 11 is 0. The van der Waals surface area contributed by atoms with Crippen LogP contribution in [-0.4, -0.2) is 31.4 Å². The topological polar surface area (TPSA) is 55.5 Å². The zero-order valence-corrected chi connectivity index (χ0v) is 14.8. The lowest BCUT2D eigenvalue weighted by molar-refractivity contribution is 0.0911. The number of fused-ring (bicyclic) bond motifs is 4. The fourth-order valence-corrected chi connectivity index (χ4v) is 3.96. The molecule has 1 aliphatic heterocycles. The zero-order valence-electron chi connectivity index (χ0n) is 14.8. The number of rotatable bonds is 3. The second-order valence-electron chi connectivity index (χ2n) is 6.93. The molecule has 2 heterocycles. The molecule has 0 radical (unpaired) electrons. The van der Waals surface area contributed by atoms with Crippen molar-refractivity contribution in [1.29, 1.82) is 0 Å². The Kier molecular flexibility index (Phi) is 3.75. The van der Waals surface area contributed by atoms with Gasteiger partial charge in [-0.05, 0) is 42.7 Å². The fraction of sp³-hybridized carbons (Fsp3) is 0.333. The Morgan fingerprint density at radius 2 is 1.85 bits per heavy atom. The smallest absolute Gasteiger partial charge is 0.163 e. The minimum Gasteiger partial charge on any atom is -0.486 e. The van der Waals surface area contributed by atoms with Crippen molar-refractivity contribution in [3.05, 3.63) is 47.7 Å². The minimum atomic E-state index is 0.331. The van der Waals surface area contributed by atoms with Gasteiger partial charge in [0, 0.05) is 47.6 Å². The number of aromatic nitrogens is 1. The second kappa shape index (κ2) is 6.25. The van der Waals surface area contributed by atoms with Crippen LogP contribution in [0.1, 0.15) is 17.7 Å². The minimum absolute atomic E-state index is 0.331. The zero-order chi connectivity index (χ0) is 17.5. The van der Waals surface area contributed by atoms with Crippen LogP contribution in [0.2, 0.25) is 0 Å². The first kappa shape index (κ1) is 15.6. The van der Waals surface area contributed by atoms with Crippen LogP contribution in [0.25, 0.3) is 10.9 Å². The van der Waals surface area contributed by atoms with Crippen LogP contribution >= 0.6 is 0 Å². The van der Waals surface area contributed by atoms with Crippen LogP contribution in [0.15, 0.2) is 36.4 Å². The third-order valence-electron chi connectivity index (χ3n) is 5.31. The molecule has 1 aromatic heterocycles. The van der Waals surface area contributed by atoms with E-state index in [0.29, 0.717) is 19.3 Å². The Bertz CT molecular complexity index is 963. The van der Waals surface area contributed by atoms with E-state index < -0.39 is 0 Å². The van der Waals surface area contributed by atoms with Crippen LogP contribution in [0, 0.1) is 0 Å². The predicted molar refractivity (Wildman–Crippen MR) is 102 cm³/mol. The summed E-state index contributed by atoms with van der Waals surface area (Å²) in [5.74, 6) is 1.60. The maximum absolute atomic E-state index is 5.66. The summed E-state index contributed by atoms with van der Waals surface area (Å²) in [6.45, 7) is 1.21. The molecule has 0 saturated heterocycles. The number of H-pyrrole nitrogens is 1. The molecular weight excluding hydrogens is 328 g/mol. The lowest BCUT2D eigenvalue weighted by Gasteiger charge is -2.20. The molecule has 5 nitrogen and oxygen atoms in total. The quantitative estimate of drug-likeness (QED) is 0.744.